The summed E-state index contributed by atoms with van der Waals surface area (Å²) in [5.74, 6) is -0.231. The molecule has 1 heterocycles. The van der Waals surface area contributed by atoms with Crippen LogP contribution in [0.15, 0.2) is 41.3 Å². The number of benzene rings is 1. The van der Waals surface area contributed by atoms with Crippen molar-refractivity contribution in [1.29, 1.82) is 0 Å². The van der Waals surface area contributed by atoms with Crippen molar-refractivity contribution in [3.63, 3.8) is 0 Å². The van der Waals surface area contributed by atoms with Crippen LogP contribution in [-0.2, 0) is 0 Å². The summed E-state index contributed by atoms with van der Waals surface area (Å²) >= 11 is 0. The van der Waals surface area contributed by atoms with E-state index in [0.717, 1.165) is 16.8 Å². The highest BCUT2D eigenvalue weighted by Crippen LogP contribution is 2.17. The molecule has 0 spiro atoms. The van der Waals surface area contributed by atoms with Crippen LogP contribution >= 0.6 is 0 Å². The largest absolute Gasteiger partial charge is 0.503 e. The van der Waals surface area contributed by atoms with Gasteiger partial charge in [0, 0.05) is 6.20 Å². The second kappa shape index (κ2) is 3.85. The molecular weight excluding hydrogens is 202 g/mol. The van der Waals surface area contributed by atoms with Crippen molar-refractivity contribution < 1.29 is 5.11 Å². The molecule has 0 fully saturated rings. The number of para-hydroxylation sites is 1. The molecule has 1 N–H and O–H groups in total. The molecule has 0 radical (unpaired) electrons. The monoisotopic (exact) mass is 215 g/mol. The Morgan fingerprint density at radius 2 is 1.69 bits per heavy atom. The molecule has 0 aliphatic rings. The maximum Gasteiger partial charge on any atom is 0.297 e. The minimum absolute atomic E-state index is 0.231. The Labute approximate surface area is 93.6 Å². The summed E-state index contributed by atoms with van der Waals surface area (Å²) in [5, 5.41) is 9.41. The van der Waals surface area contributed by atoms with Crippen molar-refractivity contribution in [3.8, 4) is 11.4 Å². The molecule has 1 aromatic heterocycles. The first-order valence-corrected chi connectivity index (χ1v) is 5.08. The molecule has 3 nitrogen and oxygen atoms in total. The first kappa shape index (κ1) is 10.5. The molecule has 0 aliphatic carbocycles. The minimum Gasteiger partial charge on any atom is -0.503 e. The molecule has 0 unspecified atom stereocenters. The summed E-state index contributed by atoms with van der Waals surface area (Å²) < 4.78 is 1.47. The Balaban J connectivity index is 2.78. The topological polar surface area (TPSA) is 42.2 Å². The third kappa shape index (κ3) is 1.60. The van der Waals surface area contributed by atoms with Crippen molar-refractivity contribution >= 4 is 0 Å². The standard InChI is InChI=1S/C13H13NO2/c1-9-5-3-6-10(2)12(9)14-8-4-7-11(15)13(14)16/h3-8,15H,1-2H3. The molecule has 0 bridgehead atoms. The summed E-state index contributed by atoms with van der Waals surface area (Å²) in [4.78, 5) is 11.8. The zero-order chi connectivity index (χ0) is 11.7. The van der Waals surface area contributed by atoms with Crippen LogP contribution in [0, 0.1) is 13.8 Å². The highest BCUT2D eigenvalue weighted by molar-refractivity contribution is 5.47. The summed E-state index contributed by atoms with van der Waals surface area (Å²) in [6.45, 7) is 3.89. The fourth-order valence-electron chi connectivity index (χ4n) is 1.84. The lowest BCUT2D eigenvalue weighted by molar-refractivity contribution is 0.463. The van der Waals surface area contributed by atoms with Gasteiger partial charge in [-0.3, -0.25) is 9.36 Å². The molecule has 2 rings (SSSR count). The van der Waals surface area contributed by atoms with Crippen LogP contribution in [0.4, 0.5) is 0 Å². The first-order valence-electron chi connectivity index (χ1n) is 5.08. The Kier molecular flexibility index (Phi) is 2.52. The van der Waals surface area contributed by atoms with Gasteiger partial charge in [-0.15, -0.1) is 0 Å². The third-order valence-electron chi connectivity index (χ3n) is 2.61. The number of nitrogens with zero attached hydrogens (tertiary/aromatic N) is 1. The number of hydrogen-bond acceptors (Lipinski definition) is 2. The van der Waals surface area contributed by atoms with Crippen LogP contribution in [-0.4, -0.2) is 9.67 Å². The normalized spacial score (nSPS) is 10.4. The highest BCUT2D eigenvalue weighted by atomic mass is 16.3. The minimum atomic E-state index is -0.389. The van der Waals surface area contributed by atoms with Crippen LogP contribution in [0.2, 0.25) is 0 Å². The average molecular weight is 215 g/mol. The lowest BCUT2D eigenvalue weighted by atomic mass is 10.1. The fraction of sp³-hybridized carbons (Fsp3) is 0.154. The van der Waals surface area contributed by atoms with E-state index in [1.807, 2.05) is 32.0 Å². The number of aromatic hydroxyl groups is 1. The molecule has 0 aliphatic heterocycles. The number of hydrogen-bond donors (Lipinski definition) is 1. The smallest absolute Gasteiger partial charge is 0.297 e. The Morgan fingerprint density at radius 1 is 1.06 bits per heavy atom. The molecule has 0 saturated carbocycles. The van der Waals surface area contributed by atoms with Gasteiger partial charge in [-0.05, 0) is 37.1 Å². The molecular formula is C13H13NO2. The van der Waals surface area contributed by atoms with Crippen molar-refractivity contribution in [2.45, 2.75) is 13.8 Å². The number of aryl methyl sites for hydroxylation is 2. The van der Waals surface area contributed by atoms with Crippen LogP contribution in [0.25, 0.3) is 5.69 Å². The average Bonchev–Trinajstić information content (AvgIpc) is 2.24. The summed E-state index contributed by atoms with van der Waals surface area (Å²) in [7, 11) is 0. The predicted octanol–water partition coefficient (Wildman–Crippen LogP) is 2.16. The van der Waals surface area contributed by atoms with Crippen LogP contribution in [0.3, 0.4) is 0 Å². The van der Waals surface area contributed by atoms with E-state index >= 15 is 0 Å². The van der Waals surface area contributed by atoms with Crippen molar-refractivity contribution in [2.75, 3.05) is 0 Å². The first-order chi connectivity index (χ1) is 7.61. The van der Waals surface area contributed by atoms with Gasteiger partial charge < -0.3 is 5.11 Å². The van der Waals surface area contributed by atoms with Crippen molar-refractivity contribution in [1.82, 2.24) is 4.57 Å². The summed E-state index contributed by atoms with van der Waals surface area (Å²) in [6.07, 6.45) is 1.66. The molecule has 0 saturated heterocycles. The number of pyridine rings is 1. The van der Waals surface area contributed by atoms with Crippen LogP contribution < -0.4 is 5.56 Å². The van der Waals surface area contributed by atoms with Gasteiger partial charge in [0.15, 0.2) is 5.75 Å². The van der Waals surface area contributed by atoms with Crippen molar-refractivity contribution in [3.05, 3.63) is 58.0 Å². The molecule has 82 valence electrons. The summed E-state index contributed by atoms with van der Waals surface area (Å²) in [6, 6.07) is 8.88. The van der Waals surface area contributed by atoms with Gasteiger partial charge in [-0.2, -0.15) is 0 Å². The Morgan fingerprint density at radius 3 is 2.31 bits per heavy atom. The Bertz CT molecular complexity index is 564. The van der Waals surface area contributed by atoms with Gasteiger partial charge in [0.1, 0.15) is 0 Å². The van der Waals surface area contributed by atoms with Gasteiger partial charge in [-0.25, -0.2) is 0 Å². The van der Waals surface area contributed by atoms with E-state index in [-0.39, 0.29) is 11.3 Å². The lowest BCUT2D eigenvalue weighted by Crippen LogP contribution is -2.18. The summed E-state index contributed by atoms with van der Waals surface area (Å²) in [5.41, 5.74) is 2.46. The fourth-order valence-corrected chi connectivity index (χ4v) is 1.84. The lowest BCUT2D eigenvalue weighted by Gasteiger charge is -2.12. The SMILES string of the molecule is Cc1cccc(C)c1-n1cccc(O)c1=O. The molecule has 1 aromatic carbocycles. The van der Waals surface area contributed by atoms with Gasteiger partial charge in [0.25, 0.3) is 5.56 Å². The van der Waals surface area contributed by atoms with Crippen LogP contribution in [0.5, 0.6) is 5.75 Å². The molecule has 0 amide bonds. The van der Waals surface area contributed by atoms with E-state index in [1.165, 1.54) is 10.6 Å². The van der Waals surface area contributed by atoms with E-state index in [1.54, 1.807) is 12.3 Å². The second-order valence-corrected chi connectivity index (χ2v) is 3.81. The van der Waals surface area contributed by atoms with Gasteiger partial charge in [0.05, 0.1) is 5.69 Å². The maximum atomic E-state index is 11.8. The zero-order valence-corrected chi connectivity index (χ0v) is 9.27. The van der Waals surface area contributed by atoms with Gasteiger partial charge >= 0.3 is 0 Å². The van der Waals surface area contributed by atoms with E-state index in [0.29, 0.717) is 0 Å². The predicted molar refractivity (Wildman–Crippen MR) is 63.2 cm³/mol. The highest BCUT2D eigenvalue weighted by Gasteiger charge is 2.07. The zero-order valence-electron chi connectivity index (χ0n) is 9.27. The van der Waals surface area contributed by atoms with Crippen LogP contribution in [0.1, 0.15) is 11.1 Å². The molecule has 2 aromatic rings. The third-order valence-corrected chi connectivity index (χ3v) is 2.61. The number of rotatable bonds is 1. The van der Waals surface area contributed by atoms with E-state index in [2.05, 4.69) is 0 Å². The quantitative estimate of drug-likeness (QED) is 0.792. The van der Waals surface area contributed by atoms with Gasteiger partial charge in [0.2, 0.25) is 0 Å². The van der Waals surface area contributed by atoms with E-state index in [9.17, 15) is 9.90 Å². The van der Waals surface area contributed by atoms with E-state index in [4.69, 9.17) is 0 Å². The Hall–Kier alpha value is -2.03. The second-order valence-electron chi connectivity index (χ2n) is 3.81. The maximum absolute atomic E-state index is 11.8. The van der Waals surface area contributed by atoms with Crippen molar-refractivity contribution in [2.24, 2.45) is 0 Å². The van der Waals surface area contributed by atoms with Gasteiger partial charge in [-0.1, -0.05) is 18.2 Å². The molecule has 3 heteroatoms. The molecule has 16 heavy (non-hydrogen) atoms. The number of aromatic nitrogens is 1. The van der Waals surface area contributed by atoms with E-state index < -0.39 is 0 Å². The molecule has 0 atom stereocenters.